The molecule has 0 unspecified atom stereocenters. The molecule has 9 heteroatoms. The Morgan fingerprint density at radius 1 is 1.23 bits per heavy atom. The maximum absolute atomic E-state index is 14.2. The molecule has 0 saturated carbocycles. The molecule has 1 aliphatic rings. The zero-order valence-corrected chi connectivity index (χ0v) is 17.2. The predicted molar refractivity (Wildman–Crippen MR) is 113 cm³/mol. The van der Waals surface area contributed by atoms with E-state index in [4.69, 9.17) is 11.6 Å². The minimum Gasteiger partial charge on any atom is -0.506 e. The minimum atomic E-state index is -4.94. The number of phenols is 1. The number of pyridine rings is 1. The van der Waals surface area contributed by atoms with Crippen molar-refractivity contribution in [1.82, 2.24) is 4.98 Å². The van der Waals surface area contributed by atoms with Crippen LogP contribution in [0.15, 0.2) is 47.3 Å². The largest absolute Gasteiger partial charge is 0.506 e. The van der Waals surface area contributed by atoms with E-state index in [1.54, 1.807) is 25.1 Å². The molecule has 0 radical (unpaired) electrons. The Labute approximate surface area is 180 Å². The van der Waals surface area contributed by atoms with Crippen LogP contribution in [0, 0.1) is 0 Å². The molecule has 0 spiro atoms. The van der Waals surface area contributed by atoms with E-state index >= 15 is 0 Å². The lowest BCUT2D eigenvalue weighted by molar-refractivity contribution is -0.272. The standard InChI is InChI=1S/C22H20ClF3N2O3/c1-2-11-10-21(31,22(24,25)26)20(13-6-8-14(23)19(30)18(11)13)28-16-5-3-4-15-12(16)7-9-17(29)27-15/h3-9,11,20,28,30-31H,2,10H2,1H3,(H,27,29)/t11-,20-,21-/m0/s1. The number of halogens is 4. The summed E-state index contributed by atoms with van der Waals surface area (Å²) in [5, 5.41) is 24.9. The number of alkyl halides is 3. The van der Waals surface area contributed by atoms with Crippen molar-refractivity contribution in [3.05, 3.63) is 69.0 Å². The number of benzene rings is 2. The molecule has 1 heterocycles. The first-order valence-corrected chi connectivity index (χ1v) is 10.1. The van der Waals surface area contributed by atoms with Crippen LogP contribution in [0.1, 0.15) is 42.9 Å². The number of aliphatic hydroxyl groups is 1. The fraction of sp³-hybridized carbons (Fsp3) is 0.318. The Balaban J connectivity index is 1.94. The predicted octanol–water partition coefficient (Wildman–Crippen LogP) is 5.23. The quantitative estimate of drug-likeness (QED) is 0.438. The summed E-state index contributed by atoms with van der Waals surface area (Å²) in [6.07, 6.45) is -5.29. The van der Waals surface area contributed by atoms with E-state index in [2.05, 4.69) is 10.3 Å². The highest BCUT2D eigenvalue weighted by Gasteiger charge is 2.62. The molecule has 5 nitrogen and oxygen atoms in total. The number of hydrogen-bond acceptors (Lipinski definition) is 4. The van der Waals surface area contributed by atoms with Crippen molar-refractivity contribution in [3.8, 4) is 5.75 Å². The summed E-state index contributed by atoms with van der Waals surface area (Å²) in [4.78, 5) is 14.2. The van der Waals surface area contributed by atoms with Crippen molar-refractivity contribution in [2.75, 3.05) is 5.32 Å². The lowest BCUT2D eigenvalue weighted by Gasteiger charge is -2.46. The number of aromatic hydroxyl groups is 1. The SMILES string of the molecule is CC[C@H]1C[C@@](O)(C(F)(F)F)[C@@H](Nc2cccc3[nH]c(=O)ccc23)c2ccc(Cl)c(O)c21. The number of nitrogens with one attached hydrogen (secondary N) is 2. The van der Waals surface area contributed by atoms with Gasteiger partial charge in [-0.15, -0.1) is 0 Å². The summed E-state index contributed by atoms with van der Waals surface area (Å²) >= 11 is 6.04. The van der Waals surface area contributed by atoms with Gasteiger partial charge in [0.2, 0.25) is 5.56 Å². The van der Waals surface area contributed by atoms with Gasteiger partial charge >= 0.3 is 6.18 Å². The fourth-order valence-corrected chi connectivity index (χ4v) is 4.59. The lowest BCUT2D eigenvalue weighted by Crippen LogP contribution is -2.55. The summed E-state index contributed by atoms with van der Waals surface area (Å²) < 4.78 is 42.6. The van der Waals surface area contributed by atoms with Gasteiger partial charge in [-0.3, -0.25) is 4.79 Å². The summed E-state index contributed by atoms with van der Waals surface area (Å²) in [7, 11) is 0. The van der Waals surface area contributed by atoms with Gasteiger partial charge in [-0.25, -0.2) is 0 Å². The third kappa shape index (κ3) is 3.43. The molecular weight excluding hydrogens is 433 g/mol. The summed E-state index contributed by atoms with van der Waals surface area (Å²) in [6, 6.07) is 8.68. The Hall–Kier alpha value is -2.71. The van der Waals surface area contributed by atoms with Crippen LogP contribution in [-0.2, 0) is 0 Å². The molecule has 0 aliphatic heterocycles. The highest BCUT2D eigenvalue weighted by molar-refractivity contribution is 6.32. The third-order valence-electron chi connectivity index (χ3n) is 6.00. The smallest absolute Gasteiger partial charge is 0.419 e. The topological polar surface area (TPSA) is 85.4 Å². The summed E-state index contributed by atoms with van der Waals surface area (Å²) in [5.41, 5.74) is -2.27. The number of phenolic OH excluding ortho intramolecular Hbond substituents is 1. The molecule has 31 heavy (non-hydrogen) atoms. The van der Waals surface area contributed by atoms with Crippen LogP contribution in [0.5, 0.6) is 5.75 Å². The molecule has 1 aliphatic carbocycles. The summed E-state index contributed by atoms with van der Waals surface area (Å²) in [5.74, 6) is -1.01. The van der Waals surface area contributed by atoms with E-state index in [1.807, 2.05) is 0 Å². The van der Waals surface area contributed by atoms with Crippen LogP contribution in [0.2, 0.25) is 5.02 Å². The van der Waals surface area contributed by atoms with Gasteiger partial charge in [0.25, 0.3) is 0 Å². The van der Waals surface area contributed by atoms with Gasteiger partial charge in [0, 0.05) is 22.7 Å². The number of rotatable bonds is 3. The monoisotopic (exact) mass is 452 g/mol. The van der Waals surface area contributed by atoms with Crippen molar-refractivity contribution in [3.63, 3.8) is 0 Å². The molecule has 0 amide bonds. The van der Waals surface area contributed by atoms with Gasteiger partial charge in [-0.05, 0) is 48.6 Å². The van der Waals surface area contributed by atoms with Crippen molar-refractivity contribution >= 4 is 28.2 Å². The number of aromatic nitrogens is 1. The van der Waals surface area contributed by atoms with E-state index in [1.165, 1.54) is 24.3 Å². The fourth-order valence-electron chi connectivity index (χ4n) is 4.42. The Morgan fingerprint density at radius 2 is 1.97 bits per heavy atom. The van der Waals surface area contributed by atoms with Crippen LogP contribution >= 0.6 is 11.6 Å². The van der Waals surface area contributed by atoms with Crippen LogP contribution in [0.4, 0.5) is 18.9 Å². The average molecular weight is 453 g/mol. The first-order chi connectivity index (χ1) is 14.6. The van der Waals surface area contributed by atoms with E-state index in [0.717, 1.165) is 0 Å². The molecule has 4 N–H and O–H groups in total. The van der Waals surface area contributed by atoms with Crippen molar-refractivity contribution in [1.29, 1.82) is 0 Å². The third-order valence-corrected chi connectivity index (χ3v) is 6.31. The van der Waals surface area contributed by atoms with Gasteiger partial charge in [-0.2, -0.15) is 13.2 Å². The molecule has 3 atom stereocenters. The molecule has 164 valence electrons. The zero-order chi connectivity index (χ0) is 22.6. The maximum Gasteiger partial charge on any atom is 0.419 e. The van der Waals surface area contributed by atoms with E-state index < -0.39 is 30.2 Å². The van der Waals surface area contributed by atoms with E-state index in [0.29, 0.717) is 22.2 Å². The van der Waals surface area contributed by atoms with Gasteiger partial charge in [0.1, 0.15) is 5.75 Å². The second kappa shape index (κ2) is 7.46. The molecule has 4 rings (SSSR count). The van der Waals surface area contributed by atoms with Crippen LogP contribution in [0.3, 0.4) is 0 Å². The first-order valence-electron chi connectivity index (χ1n) is 9.75. The van der Waals surface area contributed by atoms with Gasteiger partial charge in [0.15, 0.2) is 5.60 Å². The van der Waals surface area contributed by atoms with Gasteiger partial charge < -0.3 is 20.5 Å². The Kier molecular flexibility index (Phi) is 5.18. The van der Waals surface area contributed by atoms with Crippen LogP contribution in [-0.4, -0.2) is 27.0 Å². The molecule has 3 aromatic rings. The number of fused-ring (bicyclic) bond motifs is 2. The maximum atomic E-state index is 14.2. The second-order valence-electron chi connectivity index (χ2n) is 7.80. The van der Waals surface area contributed by atoms with Gasteiger partial charge in [0.05, 0.1) is 16.6 Å². The number of anilines is 1. The minimum absolute atomic E-state index is 0.0381. The number of aromatic amines is 1. The highest BCUT2D eigenvalue weighted by atomic mass is 35.5. The van der Waals surface area contributed by atoms with Crippen molar-refractivity contribution in [2.24, 2.45) is 0 Å². The molecular formula is C22H20ClF3N2O3. The van der Waals surface area contributed by atoms with E-state index in [-0.39, 0.29) is 28.3 Å². The Morgan fingerprint density at radius 3 is 2.65 bits per heavy atom. The normalized spacial score (nSPS) is 23.5. The lowest BCUT2D eigenvalue weighted by atomic mass is 9.69. The van der Waals surface area contributed by atoms with Crippen LogP contribution < -0.4 is 10.9 Å². The Bertz CT molecular complexity index is 1210. The van der Waals surface area contributed by atoms with E-state index in [9.17, 15) is 28.2 Å². The number of hydrogen-bond donors (Lipinski definition) is 4. The first kappa shape index (κ1) is 21.5. The van der Waals surface area contributed by atoms with Crippen LogP contribution in [0.25, 0.3) is 10.9 Å². The second-order valence-corrected chi connectivity index (χ2v) is 8.20. The molecule has 1 aromatic heterocycles. The van der Waals surface area contributed by atoms with Crippen molar-refractivity contribution < 1.29 is 23.4 Å². The van der Waals surface area contributed by atoms with Crippen molar-refractivity contribution in [2.45, 2.75) is 43.5 Å². The molecule has 0 fully saturated rings. The average Bonchev–Trinajstić information content (AvgIpc) is 2.71. The molecule has 0 bridgehead atoms. The number of H-pyrrole nitrogens is 1. The molecule has 0 saturated heterocycles. The van der Waals surface area contributed by atoms with Gasteiger partial charge in [-0.1, -0.05) is 30.7 Å². The highest BCUT2D eigenvalue weighted by Crippen LogP contribution is 2.56. The summed E-state index contributed by atoms with van der Waals surface area (Å²) in [6.45, 7) is 1.69. The zero-order valence-electron chi connectivity index (χ0n) is 16.4. The molecule has 2 aromatic carbocycles.